The largest absolute Gasteiger partial charge is 0.508 e. The third-order valence-electron chi connectivity index (χ3n) is 7.60. The minimum atomic E-state index is -0.612. The van der Waals surface area contributed by atoms with E-state index in [4.69, 9.17) is 14.2 Å². The Morgan fingerprint density at radius 2 is 1.24 bits per heavy atom. The van der Waals surface area contributed by atoms with Gasteiger partial charge in [-0.3, -0.25) is 23.1 Å². The van der Waals surface area contributed by atoms with E-state index in [0.29, 0.717) is 46.1 Å². The maximum atomic E-state index is 12.7. The maximum Gasteiger partial charge on any atom is 0.358 e. The van der Waals surface area contributed by atoms with E-state index in [1.807, 2.05) is 0 Å². The summed E-state index contributed by atoms with van der Waals surface area (Å²) in [4.78, 5) is 60.5. The van der Waals surface area contributed by atoms with Gasteiger partial charge in [-0.05, 0) is 56.7 Å². The summed E-state index contributed by atoms with van der Waals surface area (Å²) in [5.41, 5.74) is 3.45. The zero-order chi connectivity index (χ0) is 37.2. The number of ether oxygens (including phenoxy) is 3. The van der Waals surface area contributed by atoms with Gasteiger partial charge in [-0.15, -0.1) is 0 Å². The van der Waals surface area contributed by atoms with E-state index in [1.54, 1.807) is 68.3 Å². The summed E-state index contributed by atoms with van der Waals surface area (Å²) in [5, 5.41) is 9.63. The molecule has 0 aliphatic carbocycles. The lowest BCUT2D eigenvalue weighted by Crippen LogP contribution is -2.26. The predicted molar refractivity (Wildman–Crippen MR) is 180 cm³/mol. The molecule has 0 spiro atoms. The Balaban J connectivity index is 0.000000208. The van der Waals surface area contributed by atoms with Gasteiger partial charge in [-0.25, -0.2) is 23.9 Å². The fourth-order valence-electron chi connectivity index (χ4n) is 5.26. The fraction of sp³-hybridized carbons (Fsp3) is 0.371. The van der Waals surface area contributed by atoms with Crippen molar-refractivity contribution in [3.05, 3.63) is 83.0 Å². The number of halogens is 2. The number of carbonyl (C=O) groups is 4. The van der Waals surface area contributed by atoms with Crippen LogP contribution in [0.3, 0.4) is 0 Å². The number of rotatable bonds is 8. The standard InChI is InChI=1S/C17H18FN3O4.C15H15N3O4.C3H7F/c1-3-24-17(23)15-14-9-20(2)16(22)12-8-11(25-7-6-18)4-5-13(12)21(14)10-19-15;1-3-22-15(21)13-12-7-17(2)14(20)10-6-9(19)4-5-11(10)18(12)8-16-13;1-2-3-4/h4-5,8,10H,3,6-7,9H2,1-2H3;4-6,8,19H,3,7H2,1-2H3;2-3H2,1H3/i18-1;;4-1. The number of esters is 2. The first kappa shape index (κ1) is 38.0. The molecule has 51 heavy (non-hydrogen) atoms. The summed E-state index contributed by atoms with van der Waals surface area (Å²) < 4.78 is 41.7. The number of hydrogen-bond acceptors (Lipinski definition) is 10. The highest BCUT2D eigenvalue weighted by Gasteiger charge is 2.30. The van der Waals surface area contributed by atoms with Crippen LogP contribution in [0.1, 0.15) is 80.3 Å². The summed E-state index contributed by atoms with van der Waals surface area (Å²) in [6, 6.07) is 9.45. The van der Waals surface area contributed by atoms with E-state index in [0.717, 1.165) is 0 Å². The van der Waals surface area contributed by atoms with E-state index in [1.165, 1.54) is 34.6 Å². The average Bonchev–Trinajstić information content (AvgIpc) is 3.69. The van der Waals surface area contributed by atoms with Crippen LogP contribution in [0.4, 0.5) is 8.78 Å². The molecule has 14 nitrogen and oxygen atoms in total. The number of aromatic hydroxyl groups is 1. The highest BCUT2D eigenvalue weighted by atomic mass is 18.2. The number of phenols is 1. The second-order valence-electron chi connectivity index (χ2n) is 11.2. The normalized spacial score (nSPS) is 12.8. The number of phenolic OH excluding ortho intramolecular Hbond substituents is 1. The number of benzene rings is 2. The number of amides is 2. The molecule has 272 valence electrons. The Morgan fingerprint density at radius 1 is 0.765 bits per heavy atom. The molecular formula is C35H40F2N6O8. The van der Waals surface area contributed by atoms with Gasteiger partial charge in [-0.2, -0.15) is 0 Å². The van der Waals surface area contributed by atoms with Gasteiger partial charge < -0.3 is 29.1 Å². The molecule has 0 fully saturated rings. The first-order chi connectivity index (χ1) is 24.5. The molecule has 2 aromatic carbocycles. The molecule has 0 saturated heterocycles. The Morgan fingerprint density at radius 3 is 1.69 bits per heavy atom. The molecule has 16 heteroatoms. The van der Waals surface area contributed by atoms with Crippen molar-refractivity contribution in [2.45, 2.75) is 40.3 Å². The van der Waals surface area contributed by atoms with Gasteiger partial charge in [0.05, 0.1) is 66.9 Å². The summed E-state index contributed by atoms with van der Waals surface area (Å²) >= 11 is 0. The molecule has 2 amide bonds. The lowest BCUT2D eigenvalue weighted by atomic mass is 10.1. The van der Waals surface area contributed by atoms with Crippen LogP contribution in [0.5, 0.6) is 11.5 Å². The van der Waals surface area contributed by atoms with Crippen molar-refractivity contribution in [1.29, 1.82) is 0 Å². The monoisotopic (exact) mass is 708 g/mol. The zero-order valence-electron chi connectivity index (χ0n) is 29.0. The first-order valence-corrected chi connectivity index (χ1v) is 16.2. The van der Waals surface area contributed by atoms with Gasteiger partial charge in [0.2, 0.25) is 0 Å². The second kappa shape index (κ2) is 17.2. The zero-order valence-corrected chi connectivity index (χ0v) is 29.0. The van der Waals surface area contributed by atoms with E-state index in [9.17, 15) is 33.1 Å². The van der Waals surface area contributed by atoms with Crippen molar-refractivity contribution in [3.8, 4) is 22.9 Å². The Bertz CT molecular complexity index is 1890. The fourth-order valence-corrected chi connectivity index (χ4v) is 5.26. The molecule has 2 aromatic heterocycles. The lowest BCUT2D eigenvalue weighted by molar-refractivity contribution is 0.0507. The molecule has 0 bridgehead atoms. The SMILES string of the molecule is CCC[18F].CCOC(=O)c1ncn2c1CN(C)C(=O)c1cc(O)ccc1-2.CCOC(=O)c1ncn2c1CN(C)C(=O)c1cc(OCC[18F])ccc1-2. The average molecular weight is 709 g/mol. The van der Waals surface area contributed by atoms with Gasteiger partial charge in [0.25, 0.3) is 11.8 Å². The molecule has 4 heterocycles. The molecule has 4 aromatic rings. The maximum absolute atomic E-state index is 12.7. The van der Waals surface area contributed by atoms with Crippen LogP contribution < -0.4 is 4.74 Å². The van der Waals surface area contributed by atoms with Gasteiger partial charge in [0.1, 0.15) is 37.4 Å². The minimum absolute atomic E-state index is 0.00896. The number of carbonyl (C=O) groups excluding carboxylic acids is 4. The summed E-state index contributed by atoms with van der Waals surface area (Å²) in [5.74, 6) is -1.08. The van der Waals surface area contributed by atoms with Crippen molar-refractivity contribution in [3.63, 3.8) is 0 Å². The van der Waals surface area contributed by atoms with E-state index < -0.39 is 18.6 Å². The quantitative estimate of drug-likeness (QED) is 0.255. The number of hydrogen-bond donors (Lipinski definition) is 1. The highest BCUT2D eigenvalue weighted by Crippen LogP contribution is 2.30. The number of nitrogens with zero attached hydrogens (tertiary/aromatic N) is 6. The van der Waals surface area contributed by atoms with Gasteiger partial charge in [0.15, 0.2) is 11.4 Å². The topological polar surface area (TPSA) is 158 Å². The lowest BCUT2D eigenvalue weighted by Gasteiger charge is -2.15. The Kier molecular flexibility index (Phi) is 12.8. The number of fused-ring (bicyclic) bond motifs is 6. The van der Waals surface area contributed by atoms with Gasteiger partial charge in [0, 0.05) is 14.1 Å². The van der Waals surface area contributed by atoms with Crippen molar-refractivity contribution >= 4 is 23.8 Å². The Hall–Kier alpha value is -5.80. The summed E-state index contributed by atoms with van der Waals surface area (Å²) in [6.45, 7) is 5.31. The van der Waals surface area contributed by atoms with Crippen LogP contribution in [0, 0.1) is 0 Å². The number of aromatic nitrogens is 4. The Labute approximate surface area is 293 Å². The van der Waals surface area contributed by atoms with Crippen molar-refractivity contribution in [2.24, 2.45) is 0 Å². The summed E-state index contributed by atoms with van der Waals surface area (Å²) in [7, 11) is 3.27. The van der Waals surface area contributed by atoms with Gasteiger partial charge >= 0.3 is 11.9 Å². The molecular weight excluding hydrogens is 668 g/mol. The third-order valence-corrected chi connectivity index (χ3v) is 7.60. The molecule has 1 N–H and O–H groups in total. The molecule has 2 aliphatic heterocycles. The van der Waals surface area contributed by atoms with Gasteiger partial charge in [-0.1, -0.05) is 6.92 Å². The van der Waals surface area contributed by atoms with E-state index in [2.05, 4.69) is 9.97 Å². The molecule has 6 rings (SSSR count). The van der Waals surface area contributed by atoms with Crippen molar-refractivity contribution in [1.82, 2.24) is 28.9 Å². The predicted octanol–water partition coefficient (Wildman–Crippen LogP) is 4.69. The minimum Gasteiger partial charge on any atom is -0.508 e. The first-order valence-electron chi connectivity index (χ1n) is 16.2. The smallest absolute Gasteiger partial charge is 0.358 e. The van der Waals surface area contributed by atoms with E-state index >= 15 is 0 Å². The van der Waals surface area contributed by atoms with Crippen molar-refractivity contribution in [2.75, 3.05) is 47.3 Å². The molecule has 0 unspecified atom stereocenters. The number of imidazole rings is 2. The molecule has 0 radical (unpaired) electrons. The van der Waals surface area contributed by atoms with Crippen LogP contribution in [-0.4, -0.2) is 105 Å². The van der Waals surface area contributed by atoms with Crippen LogP contribution >= 0.6 is 0 Å². The number of alkyl halides is 2. The van der Waals surface area contributed by atoms with Crippen LogP contribution in [0.25, 0.3) is 11.4 Å². The molecule has 2 aliphatic rings. The third kappa shape index (κ3) is 8.33. The molecule has 0 saturated carbocycles. The van der Waals surface area contributed by atoms with Crippen LogP contribution in [0.2, 0.25) is 0 Å². The highest BCUT2D eigenvalue weighted by molar-refractivity contribution is 6.00. The van der Waals surface area contributed by atoms with E-state index in [-0.39, 0.29) is 68.5 Å². The van der Waals surface area contributed by atoms with Crippen LogP contribution in [-0.2, 0) is 22.6 Å². The van der Waals surface area contributed by atoms with Crippen molar-refractivity contribution < 1.29 is 47.3 Å². The summed E-state index contributed by atoms with van der Waals surface area (Å²) in [6.07, 6.45) is 3.64. The van der Waals surface area contributed by atoms with Crippen LogP contribution in [0.15, 0.2) is 49.1 Å². The molecule has 0 atom stereocenters. The second-order valence-corrected chi connectivity index (χ2v) is 11.2.